The molecule has 0 spiro atoms. The molecule has 0 bridgehead atoms. The molecule has 1 unspecified atom stereocenters. The summed E-state index contributed by atoms with van der Waals surface area (Å²) >= 11 is 0. The molecule has 2 rings (SSSR count). The van der Waals surface area contributed by atoms with Crippen molar-refractivity contribution >= 4 is 0 Å². The second-order valence-corrected chi connectivity index (χ2v) is 5.60. The number of hydrogen-bond acceptors (Lipinski definition) is 3. The predicted molar refractivity (Wildman–Crippen MR) is 82.4 cm³/mol. The Morgan fingerprint density at radius 1 is 1.30 bits per heavy atom. The first kappa shape index (κ1) is 14.9. The Morgan fingerprint density at radius 3 is 2.50 bits per heavy atom. The summed E-state index contributed by atoms with van der Waals surface area (Å²) in [7, 11) is 1.98. The summed E-state index contributed by atoms with van der Waals surface area (Å²) < 4.78 is 11.7. The van der Waals surface area contributed by atoms with Crippen LogP contribution >= 0.6 is 0 Å². The van der Waals surface area contributed by atoms with Gasteiger partial charge in [-0.05, 0) is 75.5 Å². The zero-order valence-electron chi connectivity index (χ0n) is 12.5. The molecule has 1 aromatic carbocycles. The largest absolute Gasteiger partial charge is 0.490 e. The number of benzene rings is 1. The molecular formula is C17H25NO2. The minimum absolute atomic E-state index is 0.338. The second kappa shape index (κ2) is 7.34. The van der Waals surface area contributed by atoms with E-state index >= 15 is 0 Å². The molecule has 1 fully saturated rings. The van der Waals surface area contributed by atoms with E-state index < -0.39 is 0 Å². The van der Waals surface area contributed by atoms with Gasteiger partial charge in [-0.1, -0.05) is 6.58 Å². The Kier molecular flexibility index (Phi) is 5.48. The molecule has 20 heavy (non-hydrogen) atoms. The van der Waals surface area contributed by atoms with E-state index in [0.717, 1.165) is 36.0 Å². The van der Waals surface area contributed by atoms with Gasteiger partial charge in [-0.15, -0.1) is 0 Å². The molecule has 1 N–H and O–H groups in total. The molecule has 0 aromatic heterocycles. The maximum absolute atomic E-state index is 6.11. The maximum atomic E-state index is 6.11. The third kappa shape index (κ3) is 4.89. The molecule has 3 heteroatoms. The summed E-state index contributed by atoms with van der Waals surface area (Å²) in [5.41, 5.74) is 1.02. The van der Waals surface area contributed by atoms with E-state index in [0.29, 0.717) is 12.7 Å². The summed E-state index contributed by atoms with van der Waals surface area (Å²) in [6, 6.07) is 7.89. The Morgan fingerprint density at radius 2 is 1.95 bits per heavy atom. The van der Waals surface area contributed by atoms with E-state index in [1.54, 1.807) is 0 Å². The van der Waals surface area contributed by atoms with E-state index in [9.17, 15) is 0 Å². The van der Waals surface area contributed by atoms with Crippen molar-refractivity contribution in [1.29, 1.82) is 0 Å². The van der Waals surface area contributed by atoms with Crippen molar-refractivity contribution < 1.29 is 9.47 Å². The van der Waals surface area contributed by atoms with Crippen LogP contribution in [0.1, 0.15) is 26.2 Å². The minimum atomic E-state index is 0.338. The van der Waals surface area contributed by atoms with Gasteiger partial charge < -0.3 is 14.8 Å². The van der Waals surface area contributed by atoms with E-state index in [1.165, 1.54) is 12.8 Å². The van der Waals surface area contributed by atoms with Crippen LogP contribution in [-0.4, -0.2) is 26.3 Å². The van der Waals surface area contributed by atoms with Crippen molar-refractivity contribution in [3.05, 3.63) is 36.4 Å². The summed E-state index contributed by atoms with van der Waals surface area (Å²) in [5, 5.41) is 3.19. The molecule has 3 nitrogen and oxygen atoms in total. The predicted octanol–water partition coefficient (Wildman–Crippen LogP) is 3.41. The first-order chi connectivity index (χ1) is 9.69. The van der Waals surface area contributed by atoms with E-state index in [1.807, 2.05) is 38.2 Å². The van der Waals surface area contributed by atoms with Gasteiger partial charge in [-0.3, -0.25) is 0 Å². The first-order valence-electron chi connectivity index (χ1n) is 7.37. The van der Waals surface area contributed by atoms with E-state index in [2.05, 4.69) is 11.9 Å². The van der Waals surface area contributed by atoms with Gasteiger partial charge in [0, 0.05) is 0 Å². The molecule has 1 aliphatic carbocycles. The molecule has 0 saturated heterocycles. The van der Waals surface area contributed by atoms with Crippen LogP contribution in [0.3, 0.4) is 0 Å². The summed E-state index contributed by atoms with van der Waals surface area (Å²) in [6.45, 7) is 7.35. The lowest BCUT2D eigenvalue weighted by molar-refractivity contribution is 0.168. The molecular weight excluding hydrogens is 250 g/mol. The van der Waals surface area contributed by atoms with E-state index in [4.69, 9.17) is 9.47 Å². The highest BCUT2D eigenvalue weighted by atomic mass is 16.5. The van der Waals surface area contributed by atoms with Gasteiger partial charge in [-0.25, -0.2) is 0 Å². The van der Waals surface area contributed by atoms with Gasteiger partial charge in [0.25, 0.3) is 0 Å². The molecule has 1 saturated carbocycles. The highest BCUT2D eigenvalue weighted by Gasteiger charge is 2.32. The monoisotopic (exact) mass is 275 g/mol. The SMILES string of the molecule is C=C(C)COc1ccc(OC(CCNC)C2CC2)cc1. The molecule has 0 heterocycles. The van der Waals surface area contributed by atoms with Gasteiger partial charge in [0.1, 0.15) is 24.2 Å². The van der Waals surface area contributed by atoms with E-state index in [-0.39, 0.29) is 0 Å². The van der Waals surface area contributed by atoms with Crippen LogP contribution in [0.5, 0.6) is 11.5 Å². The normalized spacial score (nSPS) is 15.7. The van der Waals surface area contributed by atoms with Crippen LogP contribution in [0.25, 0.3) is 0 Å². The molecule has 1 aromatic rings. The van der Waals surface area contributed by atoms with Crippen molar-refractivity contribution in [1.82, 2.24) is 5.32 Å². The number of hydrogen-bond donors (Lipinski definition) is 1. The fourth-order valence-electron chi connectivity index (χ4n) is 2.14. The zero-order chi connectivity index (χ0) is 14.4. The highest BCUT2D eigenvalue weighted by molar-refractivity contribution is 5.31. The second-order valence-electron chi connectivity index (χ2n) is 5.60. The van der Waals surface area contributed by atoms with Crippen LogP contribution in [0.4, 0.5) is 0 Å². The van der Waals surface area contributed by atoms with Crippen LogP contribution in [-0.2, 0) is 0 Å². The molecule has 1 aliphatic rings. The summed E-state index contributed by atoms with van der Waals surface area (Å²) in [4.78, 5) is 0. The van der Waals surface area contributed by atoms with Crippen LogP contribution in [0.15, 0.2) is 36.4 Å². The van der Waals surface area contributed by atoms with Gasteiger partial charge in [0.2, 0.25) is 0 Å². The van der Waals surface area contributed by atoms with Crippen molar-refractivity contribution in [2.24, 2.45) is 5.92 Å². The Labute approximate surface area is 122 Å². The van der Waals surface area contributed by atoms with Crippen molar-refractivity contribution in [3.8, 4) is 11.5 Å². The standard InChI is InChI=1S/C17H25NO2/c1-13(2)12-19-15-6-8-16(9-7-15)20-17(10-11-18-3)14-4-5-14/h6-9,14,17-18H,1,4-5,10-12H2,2-3H3. The fourth-order valence-corrected chi connectivity index (χ4v) is 2.14. The number of ether oxygens (including phenoxy) is 2. The molecule has 1 atom stereocenters. The Bertz CT molecular complexity index is 423. The average Bonchev–Trinajstić information content (AvgIpc) is 3.27. The molecule has 0 radical (unpaired) electrons. The lowest BCUT2D eigenvalue weighted by Gasteiger charge is -2.19. The summed E-state index contributed by atoms with van der Waals surface area (Å²) in [6.07, 6.45) is 4.00. The fraction of sp³-hybridized carbons (Fsp3) is 0.529. The smallest absolute Gasteiger partial charge is 0.120 e. The van der Waals surface area contributed by atoms with Crippen molar-refractivity contribution in [3.63, 3.8) is 0 Å². The lowest BCUT2D eigenvalue weighted by Crippen LogP contribution is -2.24. The third-order valence-corrected chi connectivity index (χ3v) is 3.42. The average molecular weight is 275 g/mol. The number of nitrogens with one attached hydrogen (secondary N) is 1. The lowest BCUT2D eigenvalue weighted by atomic mass is 10.1. The third-order valence-electron chi connectivity index (χ3n) is 3.42. The van der Waals surface area contributed by atoms with Crippen molar-refractivity contribution in [2.45, 2.75) is 32.3 Å². The number of rotatable bonds is 9. The van der Waals surface area contributed by atoms with Crippen molar-refractivity contribution in [2.75, 3.05) is 20.2 Å². The zero-order valence-corrected chi connectivity index (χ0v) is 12.5. The van der Waals surface area contributed by atoms with Crippen LogP contribution < -0.4 is 14.8 Å². The van der Waals surface area contributed by atoms with Gasteiger partial charge in [0.15, 0.2) is 0 Å². The maximum Gasteiger partial charge on any atom is 0.120 e. The Hall–Kier alpha value is -1.48. The Balaban J connectivity index is 1.86. The topological polar surface area (TPSA) is 30.5 Å². The van der Waals surface area contributed by atoms with Gasteiger partial charge in [-0.2, -0.15) is 0 Å². The van der Waals surface area contributed by atoms with Gasteiger partial charge in [0.05, 0.1) is 0 Å². The first-order valence-corrected chi connectivity index (χ1v) is 7.37. The molecule has 0 amide bonds. The highest BCUT2D eigenvalue weighted by Crippen LogP contribution is 2.36. The quantitative estimate of drug-likeness (QED) is 0.701. The van der Waals surface area contributed by atoms with Gasteiger partial charge >= 0.3 is 0 Å². The minimum Gasteiger partial charge on any atom is -0.490 e. The summed E-state index contributed by atoms with van der Waals surface area (Å²) in [5.74, 6) is 2.53. The molecule has 110 valence electrons. The molecule has 0 aliphatic heterocycles. The van der Waals surface area contributed by atoms with Crippen LogP contribution in [0.2, 0.25) is 0 Å². The van der Waals surface area contributed by atoms with Crippen LogP contribution in [0, 0.1) is 5.92 Å².